The van der Waals surface area contributed by atoms with Gasteiger partial charge in [-0.25, -0.2) is 4.79 Å². The number of carbonyl (C=O) groups excluding carboxylic acids is 2. The Hall–Kier alpha value is -4.16. The Labute approximate surface area is 328 Å². The summed E-state index contributed by atoms with van der Waals surface area (Å²) in [5, 5.41) is 0. The molecule has 55 heavy (non-hydrogen) atoms. The highest BCUT2D eigenvalue weighted by Gasteiger charge is 2.51. The number of anilines is 1. The van der Waals surface area contributed by atoms with E-state index in [2.05, 4.69) is 60.3 Å². The molecule has 11 heteroatoms. The maximum atomic E-state index is 13.9. The number of benzene rings is 3. The van der Waals surface area contributed by atoms with Crippen LogP contribution in [0, 0.1) is 0 Å². The molecular weight excluding hydrogens is 713 g/mol. The maximum Gasteiger partial charge on any atom is 0.410 e. The fraction of sp³-hybridized carbons (Fsp3) is 0.500. The molecule has 2 heterocycles. The quantitative estimate of drug-likeness (QED) is 0.0719. The van der Waals surface area contributed by atoms with Gasteiger partial charge in [-0.15, -0.1) is 0 Å². The Morgan fingerprint density at radius 2 is 1.60 bits per heavy atom. The third kappa shape index (κ3) is 10.2. The predicted molar refractivity (Wildman–Crippen MR) is 218 cm³/mol. The Morgan fingerprint density at radius 3 is 2.25 bits per heavy atom. The maximum absolute atomic E-state index is 13.9. The van der Waals surface area contributed by atoms with Gasteiger partial charge in [-0.3, -0.25) is 4.79 Å². The van der Waals surface area contributed by atoms with Gasteiger partial charge in [0.25, 0.3) is 5.91 Å². The largest absolute Gasteiger partial charge is 0.490 e. The average molecular weight is 773 g/mol. The lowest BCUT2D eigenvalue weighted by molar-refractivity contribution is -0.121. The molecule has 2 aliphatic heterocycles. The van der Waals surface area contributed by atoms with Crippen LogP contribution in [-0.2, 0) is 36.6 Å². The van der Waals surface area contributed by atoms with Crippen molar-refractivity contribution in [2.24, 2.45) is 0 Å². The van der Waals surface area contributed by atoms with E-state index >= 15 is 0 Å². The highest BCUT2D eigenvalue weighted by atomic mass is 28.4. The number of nitrogens with zero attached hydrogens (tertiary/aromatic N) is 2. The van der Waals surface area contributed by atoms with Crippen molar-refractivity contribution >= 4 is 26.0 Å². The summed E-state index contributed by atoms with van der Waals surface area (Å²) in [7, 11) is -0.788. The topological polar surface area (TPSA) is 96.0 Å². The fourth-order valence-electron chi connectivity index (χ4n) is 8.40. The van der Waals surface area contributed by atoms with Gasteiger partial charge in [0.05, 0.1) is 31.0 Å². The van der Waals surface area contributed by atoms with Gasteiger partial charge in [0, 0.05) is 32.7 Å². The van der Waals surface area contributed by atoms with Crippen LogP contribution in [-0.4, -0.2) is 84.0 Å². The molecule has 0 spiro atoms. The number of carbonyl (C=O) groups is 2. The Kier molecular flexibility index (Phi) is 15.0. The summed E-state index contributed by atoms with van der Waals surface area (Å²) < 4.78 is 37.3. The van der Waals surface area contributed by atoms with Gasteiger partial charge in [-0.1, -0.05) is 103 Å². The van der Waals surface area contributed by atoms with Crippen molar-refractivity contribution in [1.29, 1.82) is 0 Å². The van der Waals surface area contributed by atoms with Crippen molar-refractivity contribution in [3.8, 4) is 11.5 Å². The smallest absolute Gasteiger partial charge is 0.410 e. The second-order valence-corrected chi connectivity index (χ2v) is 20.9. The molecule has 3 atom stereocenters. The lowest BCUT2D eigenvalue weighted by atomic mass is 9.84. The second-order valence-electron chi connectivity index (χ2n) is 15.4. The summed E-state index contributed by atoms with van der Waals surface area (Å²) in [6.45, 7) is 20.0. The molecule has 5 rings (SSSR count). The fourth-order valence-corrected chi connectivity index (χ4v) is 14.0. The lowest BCUT2D eigenvalue weighted by Crippen LogP contribution is -2.59. The van der Waals surface area contributed by atoms with E-state index in [4.69, 9.17) is 28.1 Å². The number of rotatable bonds is 18. The third-order valence-corrected chi connectivity index (χ3v) is 17.0. The van der Waals surface area contributed by atoms with Crippen molar-refractivity contribution < 1.29 is 37.7 Å². The van der Waals surface area contributed by atoms with E-state index in [1.54, 1.807) is 23.0 Å². The molecule has 1 saturated heterocycles. The SMILES string of the molecule is C=CCOc1ccc(C2C(OCc3ccc4c(c3)N(CCCOC)C(=O)CO4)CN(C(=O)OCc3ccccc3)CC2O[Si](C(C)C)(C(C)C)C(C)C)cc1. The zero-order valence-electron chi connectivity index (χ0n) is 33.7. The van der Waals surface area contributed by atoms with Crippen LogP contribution in [0.1, 0.15) is 70.6 Å². The minimum absolute atomic E-state index is 0.00251. The number of hydrogen-bond donors (Lipinski definition) is 0. The number of ether oxygens (including phenoxy) is 5. The summed E-state index contributed by atoms with van der Waals surface area (Å²) in [5.74, 6) is 1.11. The lowest BCUT2D eigenvalue weighted by Gasteiger charge is -2.50. The molecule has 2 aliphatic rings. The van der Waals surface area contributed by atoms with E-state index in [0.717, 1.165) is 28.1 Å². The number of likely N-dealkylation sites (tertiary alicyclic amines) is 1. The number of methoxy groups -OCH3 is 1. The van der Waals surface area contributed by atoms with E-state index in [0.29, 0.717) is 61.6 Å². The number of fused-ring (bicyclic) bond motifs is 1. The van der Waals surface area contributed by atoms with Crippen molar-refractivity contribution in [2.75, 3.05) is 51.5 Å². The first-order valence-corrected chi connectivity index (χ1v) is 21.8. The zero-order chi connectivity index (χ0) is 39.5. The molecule has 298 valence electrons. The molecule has 2 amide bonds. The first-order chi connectivity index (χ1) is 26.5. The van der Waals surface area contributed by atoms with Crippen LogP contribution >= 0.6 is 0 Å². The summed E-state index contributed by atoms with van der Waals surface area (Å²) in [5.41, 5.74) is 4.56. The van der Waals surface area contributed by atoms with Crippen LogP contribution in [0.25, 0.3) is 0 Å². The van der Waals surface area contributed by atoms with Gasteiger partial charge in [-0.05, 0) is 64.0 Å². The molecular formula is C44H60N2O8Si. The molecule has 0 radical (unpaired) electrons. The second kappa shape index (κ2) is 19.6. The number of piperidine rings is 1. The summed E-state index contributed by atoms with van der Waals surface area (Å²) in [4.78, 5) is 30.4. The first-order valence-electron chi connectivity index (χ1n) is 19.6. The van der Waals surface area contributed by atoms with Gasteiger partial charge < -0.3 is 37.9 Å². The highest BCUT2D eigenvalue weighted by Crippen LogP contribution is 2.46. The van der Waals surface area contributed by atoms with Gasteiger partial charge >= 0.3 is 6.09 Å². The summed E-state index contributed by atoms with van der Waals surface area (Å²) in [6, 6.07) is 23.7. The third-order valence-electron chi connectivity index (χ3n) is 10.9. The van der Waals surface area contributed by atoms with Crippen LogP contribution in [0.15, 0.2) is 85.5 Å². The molecule has 0 N–H and O–H groups in total. The van der Waals surface area contributed by atoms with Crippen molar-refractivity contribution in [3.63, 3.8) is 0 Å². The van der Waals surface area contributed by atoms with Crippen LogP contribution in [0.4, 0.5) is 10.5 Å². The molecule has 10 nitrogen and oxygen atoms in total. The van der Waals surface area contributed by atoms with E-state index in [-0.39, 0.29) is 37.7 Å². The Balaban J connectivity index is 1.51. The van der Waals surface area contributed by atoms with E-state index in [9.17, 15) is 9.59 Å². The van der Waals surface area contributed by atoms with Crippen LogP contribution in [0.2, 0.25) is 16.6 Å². The molecule has 1 fully saturated rings. The number of amides is 2. The number of hydrogen-bond acceptors (Lipinski definition) is 8. The van der Waals surface area contributed by atoms with Crippen LogP contribution in [0.3, 0.4) is 0 Å². The normalized spacial score (nSPS) is 18.7. The predicted octanol–water partition coefficient (Wildman–Crippen LogP) is 8.90. The zero-order valence-corrected chi connectivity index (χ0v) is 34.7. The molecule has 0 aromatic heterocycles. The average Bonchev–Trinajstić information content (AvgIpc) is 3.18. The molecule has 3 aromatic rings. The molecule has 0 saturated carbocycles. The summed E-state index contributed by atoms with van der Waals surface area (Å²) in [6.07, 6.45) is 1.21. The molecule has 3 aromatic carbocycles. The molecule has 0 bridgehead atoms. The van der Waals surface area contributed by atoms with Crippen molar-refractivity contribution in [1.82, 2.24) is 4.90 Å². The first kappa shape index (κ1) is 42.0. The minimum Gasteiger partial charge on any atom is -0.490 e. The molecule has 0 aliphatic carbocycles. The monoisotopic (exact) mass is 772 g/mol. The van der Waals surface area contributed by atoms with E-state index < -0.39 is 20.5 Å². The highest BCUT2D eigenvalue weighted by molar-refractivity contribution is 6.77. The van der Waals surface area contributed by atoms with Gasteiger partial charge in [0.2, 0.25) is 8.32 Å². The van der Waals surface area contributed by atoms with Crippen molar-refractivity contribution in [2.45, 2.75) is 95.9 Å². The van der Waals surface area contributed by atoms with Gasteiger partial charge in [-0.2, -0.15) is 0 Å². The Bertz CT molecular complexity index is 1680. The van der Waals surface area contributed by atoms with E-state index in [1.807, 2.05) is 60.7 Å². The standard InChI is InChI=1S/C44H60N2O8Si/c1-9-23-50-37-19-17-36(18-20-37)43-40(51-29-35-16-21-39-38(25-35)46(22-13-24-49-8)42(47)30-52-39)26-45(44(48)53-28-34-14-11-10-12-15-34)27-41(43)54-55(31(2)3,32(4)5)33(6)7/h9-12,14-21,25,31-33,40-41,43H,1,13,22-24,26-30H2,2-8H3. The van der Waals surface area contributed by atoms with Gasteiger partial charge in [0.1, 0.15) is 24.7 Å². The van der Waals surface area contributed by atoms with Crippen molar-refractivity contribution in [3.05, 3.63) is 102 Å². The molecule has 3 unspecified atom stereocenters. The van der Waals surface area contributed by atoms with Crippen LogP contribution < -0.4 is 14.4 Å². The Morgan fingerprint density at radius 1 is 0.909 bits per heavy atom. The van der Waals surface area contributed by atoms with E-state index in [1.165, 1.54) is 0 Å². The summed E-state index contributed by atoms with van der Waals surface area (Å²) >= 11 is 0. The van der Waals surface area contributed by atoms with Gasteiger partial charge in [0.15, 0.2) is 6.61 Å². The minimum atomic E-state index is -2.45. The van der Waals surface area contributed by atoms with Crippen LogP contribution in [0.5, 0.6) is 11.5 Å².